The highest BCUT2D eigenvalue weighted by Crippen LogP contribution is 2.44. The molecular weight excluding hydrogens is 494 g/mol. The number of anilines is 2. The number of carbonyl (C=O) groups excluding carboxylic acids is 1. The SMILES string of the molecule is COC(=O)c1cccc(-n2c(C)cc([C@H]3[C@H](c4ccccn4)NC(=S)N3c3ccc(N(C)C)cc3)c2C)c1. The molecule has 3 heterocycles. The van der Waals surface area contributed by atoms with Gasteiger partial charge in [-0.25, -0.2) is 4.79 Å². The maximum Gasteiger partial charge on any atom is 0.337 e. The van der Waals surface area contributed by atoms with Crippen molar-refractivity contribution in [2.24, 2.45) is 0 Å². The number of hydrogen-bond acceptors (Lipinski definition) is 5. The number of thiocarbonyl (C=S) groups is 1. The zero-order valence-corrected chi connectivity index (χ0v) is 23.0. The predicted molar refractivity (Wildman–Crippen MR) is 155 cm³/mol. The van der Waals surface area contributed by atoms with Gasteiger partial charge in [0, 0.05) is 48.7 Å². The first kappa shape index (κ1) is 25.5. The van der Waals surface area contributed by atoms with Crippen LogP contribution in [-0.4, -0.2) is 41.8 Å². The maximum atomic E-state index is 12.2. The summed E-state index contributed by atoms with van der Waals surface area (Å²) < 4.78 is 7.12. The largest absolute Gasteiger partial charge is 0.465 e. The number of hydrogen-bond donors (Lipinski definition) is 1. The van der Waals surface area contributed by atoms with Gasteiger partial charge in [0.25, 0.3) is 0 Å². The van der Waals surface area contributed by atoms with Crippen molar-refractivity contribution in [3.63, 3.8) is 0 Å². The van der Waals surface area contributed by atoms with Crippen molar-refractivity contribution < 1.29 is 9.53 Å². The molecule has 0 spiro atoms. The number of carbonyl (C=O) groups is 1. The monoisotopic (exact) mass is 525 g/mol. The molecule has 0 bridgehead atoms. The number of aryl methyl sites for hydroxylation is 1. The third-order valence-electron chi connectivity index (χ3n) is 7.06. The van der Waals surface area contributed by atoms with Crippen LogP contribution >= 0.6 is 12.2 Å². The molecular formula is C30H31N5O2S. The van der Waals surface area contributed by atoms with Crippen molar-refractivity contribution in [1.82, 2.24) is 14.9 Å². The second kappa shape index (κ2) is 10.3. The van der Waals surface area contributed by atoms with Gasteiger partial charge in [-0.05, 0) is 92.3 Å². The Morgan fingerprint density at radius 1 is 1.00 bits per heavy atom. The van der Waals surface area contributed by atoms with Gasteiger partial charge in [-0.1, -0.05) is 12.1 Å². The van der Waals surface area contributed by atoms with Gasteiger partial charge in [-0.3, -0.25) is 4.98 Å². The van der Waals surface area contributed by atoms with E-state index in [0.717, 1.165) is 39.7 Å². The first-order chi connectivity index (χ1) is 18.3. The number of nitrogens with zero attached hydrogens (tertiary/aromatic N) is 4. The highest BCUT2D eigenvalue weighted by molar-refractivity contribution is 7.80. The Labute approximate surface area is 228 Å². The predicted octanol–water partition coefficient (Wildman–Crippen LogP) is 5.52. The minimum Gasteiger partial charge on any atom is -0.465 e. The normalized spacial score (nSPS) is 16.9. The van der Waals surface area contributed by atoms with E-state index in [4.69, 9.17) is 17.0 Å². The summed E-state index contributed by atoms with van der Waals surface area (Å²) in [6, 6.07) is 23.8. The number of rotatable bonds is 6. The summed E-state index contributed by atoms with van der Waals surface area (Å²) in [6.07, 6.45) is 1.81. The first-order valence-electron chi connectivity index (χ1n) is 12.5. The standard InChI is InChI=1S/C30H31N5O2S/c1-19-17-25(20(2)34(19)24-10-8-9-21(18-24)29(36)37-5)28-27(26-11-6-7-16-31-26)32-30(38)35(28)23-14-12-22(13-15-23)33(3)4/h6-18,27-28H,1-5H3,(H,32,38)/t27-,28-/m0/s1. The van der Waals surface area contributed by atoms with E-state index in [1.54, 1.807) is 6.07 Å². The van der Waals surface area contributed by atoms with Gasteiger partial charge in [-0.2, -0.15) is 0 Å². The lowest BCUT2D eigenvalue weighted by Crippen LogP contribution is -2.29. The molecule has 8 heteroatoms. The Balaban J connectivity index is 1.64. The number of ether oxygens (including phenoxy) is 1. The van der Waals surface area contributed by atoms with Crippen LogP contribution in [0.1, 0.15) is 45.1 Å². The van der Waals surface area contributed by atoms with E-state index < -0.39 is 0 Å². The lowest BCUT2D eigenvalue weighted by molar-refractivity contribution is 0.0600. The third kappa shape index (κ3) is 4.52. The number of nitrogens with one attached hydrogen (secondary N) is 1. The maximum absolute atomic E-state index is 12.2. The van der Waals surface area contributed by atoms with E-state index in [-0.39, 0.29) is 18.1 Å². The van der Waals surface area contributed by atoms with Crippen LogP contribution in [0.5, 0.6) is 0 Å². The van der Waals surface area contributed by atoms with Gasteiger partial charge in [0.2, 0.25) is 0 Å². The number of esters is 1. The van der Waals surface area contributed by atoms with Gasteiger partial charge >= 0.3 is 5.97 Å². The van der Waals surface area contributed by atoms with E-state index >= 15 is 0 Å². The molecule has 2 atom stereocenters. The molecule has 0 saturated carbocycles. The molecule has 1 aliphatic rings. The molecule has 1 saturated heterocycles. The van der Waals surface area contributed by atoms with E-state index in [2.05, 4.69) is 68.8 Å². The fraction of sp³-hybridized carbons (Fsp3) is 0.233. The average molecular weight is 526 g/mol. The molecule has 4 aromatic rings. The van der Waals surface area contributed by atoms with Crippen LogP contribution in [0, 0.1) is 13.8 Å². The minimum atomic E-state index is -0.359. The van der Waals surface area contributed by atoms with Gasteiger partial charge in [0.1, 0.15) is 0 Å². The van der Waals surface area contributed by atoms with E-state index in [0.29, 0.717) is 10.7 Å². The third-order valence-corrected chi connectivity index (χ3v) is 7.37. The molecule has 194 valence electrons. The summed E-state index contributed by atoms with van der Waals surface area (Å²) in [5, 5.41) is 4.20. The van der Waals surface area contributed by atoms with Crippen LogP contribution < -0.4 is 15.1 Å². The molecule has 7 nitrogen and oxygen atoms in total. The molecule has 2 aromatic heterocycles. The smallest absolute Gasteiger partial charge is 0.337 e. The number of aromatic nitrogens is 2. The summed E-state index contributed by atoms with van der Waals surface area (Å²) in [5.41, 5.74) is 7.71. The lowest BCUT2D eigenvalue weighted by Gasteiger charge is -2.28. The van der Waals surface area contributed by atoms with Crippen LogP contribution in [0.15, 0.2) is 79.0 Å². The molecule has 0 aliphatic carbocycles. The Hall–Kier alpha value is -4.17. The molecule has 1 aliphatic heterocycles. The van der Waals surface area contributed by atoms with Gasteiger partial charge < -0.3 is 24.4 Å². The first-order valence-corrected chi connectivity index (χ1v) is 12.9. The number of methoxy groups -OCH3 is 1. The lowest BCUT2D eigenvalue weighted by atomic mass is 9.96. The number of benzene rings is 2. The summed E-state index contributed by atoms with van der Waals surface area (Å²) in [4.78, 5) is 21.2. The Bertz CT molecular complexity index is 1480. The summed E-state index contributed by atoms with van der Waals surface area (Å²) in [5.74, 6) is -0.359. The molecule has 0 unspecified atom stereocenters. The molecule has 0 radical (unpaired) electrons. The molecule has 1 N–H and O–H groups in total. The van der Waals surface area contributed by atoms with Crippen molar-refractivity contribution in [1.29, 1.82) is 0 Å². The minimum absolute atomic E-state index is 0.133. The zero-order chi connectivity index (χ0) is 27.0. The second-order valence-corrected chi connectivity index (χ2v) is 10.00. The quantitative estimate of drug-likeness (QED) is 0.263. The Kier molecular flexibility index (Phi) is 6.91. The van der Waals surface area contributed by atoms with E-state index in [1.165, 1.54) is 7.11 Å². The van der Waals surface area contributed by atoms with Crippen LogP contribution in [0.2, 0.25) is 0 Å². The number of pyridine rings is 1. The van der Waals surface area contributed by atoms with Crippen molar-refractivity contribution in [2.75, 3.05) is 31.0 Å². The van der Waals surface area contributed by atoms with Crippen molar-refractivity contribution in [3.05, 3.63) is 107 Å². The summed E-state index contributed by atoms with van der Waals surface area (Å²) in [6.45, 7) is 4.19. The van der Waals surface area contributed by atoms with Crippen molar-refractivity contribution in [2.45, 2.75) is 25.9 Å². The van der Waals surface area contributed by atoms with E-state index in [1.807, 2.05) is 56.7 Å². The topological polar surface area (TPSA) is 62.6 Å². The molecule has 38 heavy (non-hydrogen) atoms. The average Bonchev–Trinajstić information content (AvgIpc) is 3.43. The van der Waals surface area contributed by atoms with Crippen molar-refractivity contribution in [3.8, 4) is 5.69 Å². The molecule has 2 aromatic carbocycles. The van der Waals surface area contributed by atoms with Crippen LogP contribution in [0.3, 0.4) is 0 Å². The van der Waals surface area contributed by atoms with E-state index in [9.17, 15) is 4.79 Å². The second-order valence-electron chi connectivity index (χ2n) is 9.61. The summed E-state index contributed by atoms with van der Waals surface area (Å²) in [7, 11) is 5.45. The Morgan fingerprint density at radius 3 is 2.42 bits per heavy atom. The van der Waals surface area contributed by atoms with Gasteiger partial charge in [-0.15, -0.1) is 0 Å². The van der Waals surface area contributed by atoms with Crippen LogP contribution in [-0.2, 0) is 4.74 Å². The van der Waals surface area contributed by atoms with Crippen LogP contribution in [0.4, 0.5) is 11.4 Å². The Morgan fingerprint density at radius 2 is 1.76 bits per heavy atom. The fourth-order valence-corrected chi connectivity index (χ4v) is 5.58. The fourth-order valence-electron chi connectivity index (χ4n) is 5.23. The molecule has 5 rings (SSSR count). The zero-order valence-electron chi connectivity index (χ0n) is 22.2. The molecule has 1 fully saturated rings. The summed E-state index contributed by atoms with van der Waals surface area (Å²) >= 11 is 5.91. The van der Waals surface area contributed by atoms with Gasteiger partial charge in [0.15, 0.2) is 5.11 Å². The molecule has 0 amide bonds. The van der Waals surface area contributed by atoms with Crippen LogP contribution in [0.25, 0.3) is 5.69 Å². The highest BCUT2D eigenvalue weighted by atomic mass is 32.1. The van der Waals surface area contributed by atoms with Gasteiger partial charge in [0.05, 0.1) is 30.5 Å². The highest BCUT2D eigenvalue weighted by Gasteiger charge is 2.42. The van der Waals surface area contributed by atoms with Crippen molar-refractivity contribution >= 4 is 34.7 Å².